The van der Waals surface area contributed by atoms with E-state index in [-0.39, 0.29) is 5.91 Å². The minimum Gasteiger partial charge on any atom is -0.354 e. The van der Waals surface area contributed by atoms with Gasteiger partial charge in [-0.05, 0) is 31.9 Å². The van der Waals surface area contributed by atoms with Crippen molar-refractivity contribution in [2.24, 2.45) is 0 Å². The molecule has 0 N–H and O–H groups in total. The molecule has 0 spiro atoms. The zero-order valence-corrected chi connectivity index (χ0v) is 18.9. The van der Waals surface area contributed by atoms with Gasteiger partial charge in [0.05, 0.1) is 5.69 Å². The average Bonchev–Trinajstić information content (AvgIpc) is 3.22. The quantitative estimate of drug-likeness (QED) is 0.702. The predicted octanol–water partition coefficient (Wildman–Crippen LogP) is 1.30. The molecule has 0 unspecified atom stereocenters. The molecule has 2 fully saturated rings. The number of aryl methyl sites for hydroxylation is 2. The van der Waals surface area contributed by atoms with Gasteiger partial charge >= 0.3 is 0 Å². The molecule has 0 bridgehead atoms. The van der Waals surface area contributed by atoms with E-state index in [2.05, 4.69) is 54.3 Å². The van der Waals surface area contributed by atoms with Crippen molar-refractivity contribution < 1.29 is 4.79 Å². The van der Waals surface area contributed by atoms with Gasteiger partial charge in [-0.25, -0.2) is 9.97 Å². The number of piperazine rings is 2. The van der Waals surface area contributed by atoms with E-state index >= 15 is 0 Å². The topological polar surface area (TPSA) is 81.6 Å². The van der Waals surface area contributed by atoms with E-state index in [0.29, 0.717) is 18.0 Å². The van der Waals surface area contributed by atoms with Gasteiger partial charge < -0.3 is 19.6 Å². The number of carbonyl (C=O) groups excluding carboxylic acids is 1. The molecule has 1 amide bonds. The molecule has 2 aliphatic heterocycles. The summed E-state index contributed by atoms with van der Waals surface area (Å²) in [6.07, 6.45) is 1.76. The van der Waals surface area contributed by atoms with Crippen molar-refractivity contribution >= 4 is 29.1 Å². The summed E-state index contributed by atoms with van der Waals surface area (Å²) in [7, 11) is 2.16. The molecule has 9 nitrogen and oxygen atoms in total. The summed E-state index contributed by atoms with van der Waals surface area (Å²) >= 11 is 1.21. The Morgan fingerprint density at radius 2 is 1.60 bits per heavy atom. The predicted molar refractivity (Wildman–Crippen MR) is 118 cm³/mol. The Morgan fingerprint density at radius 1 is 1.00 bits per heavy atom. The molecule has 4 heterocycles. The van der Waals surface area contributed by atoms with Crippen LogP contribution in [0.5, 0.6) is 0 Å². The van der Waals surface area contributed by atoms with Crippen LogP contribution in [0.25, 0.3) is 0 Å². The van der Waals surface area contributed by atoms with Crippen LogP contribution < -0.4 is 9.80 Å². The monoisotopic (exact) mass is 430 g/mol. The summed E-state index contributed by atoms with van der Waals surface area (Å²) in [5.74, 6) is 2.81. The maximum absolute atomic E-state index is 12.9. The SMILES string of the molecule is CCCc1nnsc1C(=O)N1CCN(c2cc(N3CCN(C)CC3)nc(C)n2)CC1. The van der Waals surface area contributed by atoms with Gasteiger partial charge in [-0.1, -0.05) is 17.8 Å². The molecule has 30 heavy (non-hydrogen) atoms. The molecular formula is C20H30N8OS. The van der Waals surface area contributed by atoms with Crippen LogP contribution in [0.2, 0.25) is 0 Å². The zero-order valence-electron chi connectivity index (χ0n) is 18.0. The Kier molecular flexibility index (Phi) is 6.43. The van der Waals surface area contributed by atoms with Gasteiger partial charge in [-0.2, -0.15) is 0 Å². The van der Waals surface area contributed by atoms with E-state index in [1.54, 1.807) is 0 Å². The highest BCUT2D eigenvalue weighted by Crippen LogP contribution is 2.23. The molecule has 162 valence electrons. The molecule has 0 aliphatic carbocycles. The van der Waals surface area contributed by atoms with Crippen molar-refractivity contribution in [3.05, 3.63) is 22.5 Å². The second-order valence-corrected chi connectivity index (χ2v) is 8.75. The fourth-order valence-electron chi connectivity index (χ4n) is 3.95. The van der Waals surface area contributed by atoms with Crippen molar-refractivity contribution in [3.63, 3.8) is 0 Å². The van der Waals surface area contributed by atoms with E-state index in [1.165, 1.54) is 11.5 Å². The molecule has 0 atom stereocenters. The molecule has 2 aromatic heterocycles. The van der Waals surface area contributed by atoms with Crippen molar-refractivity contribution in [2.75, 3.05) is 69.2 Å². The number of hydrogen-bond acceptors (Lipinski definition) is 9. The first-order chi connectivity index (χ1) is 14.5. The average molecular weight is 431 g/mol. The number of amides is 1. The minimum atomic E-state index is 0.0603. The zero-order chi connectivity index (χ0) is 21.1. The van der Waals surface area contributed by atoms with Gasteiger partial charge in [0.25, 0.3) is 5.91 Å². The van der Waals surface area contributed by atoms with Gasteiger partial charge in [0.1, 0.15) is 22.3 Å². The van der Waals surface area contributed by atoms with Crippen molar-refractivity contribution in [2.45, 2.75) is 26.7 Å². The van der Waals surface area contributed by atoms with Gasteiger partial charge in [0.15, 0.2) is 0 Å². The number of carbonyl (C=O) groups is 1. The lowest BCUT2D eigenvalue weighted by atomic mass is 10.2. The molecule has 4 rings (SSSR count). The van der Waals surface area contributed by atoms with E-state index < -0.39 is 0 Å². The van der Waals surface area contributed by atoms with Crippen LogP contribution in [0, 0.1) is 6.92 Å². The lowest BCUT2D eigenvalue weighted by molar-refractivity contribution is 0.0750. The third-order valence-electron chi connectivity index (χ3n) is 5.77. The number of likely N-dealkylation sites (N-methyl/N-ethyl adjacent to an activating group) is 1. The van der Waals surface area contributed by atoms with E-state index in [0.717, 1.165) is 75.3 Å². The third kappa shape index (κ3) is 4.54. The summed E-state index contributed by atoms with van der Waals surface area (Å²) in [6.45, 7) is 11.0. The summed E-state index contributed by atoms with van der Waals surface area (Å²) in [6, 6.07) is 2.10. The fraction of sp³-hybridized carbons (Fsp3) is 0.650. The second kappa shape index (κ2) is 9.22. The first-order valence-electron chi connectivity index (χ1n) is 10.7. The van der Waals surface area contributed by atoms with Crippen molar-refractivity contribution in [1.29, 1.82) is 0 Å². The summed E-state index contributed by atoms with van der Waals surface area (Å²) in [5.41, 5.74) is 0.832. The molecular weight excluding hydrogens is 400 g/mol. The van der Waals surface area contributed by atoms with Gasteiger partial charge in [-0.15, -0.1) is 5.10 Å². The number of aromatic nitrogens is 4. The second-order valence-electron chi connectivity index (χ2n) is 8.00. The summed E-state index contributed by atoms with van der Waals surface area (Å²) in [4.78, 5) is 31.8. The van der Waals surface area contributed by atoms with Crippen molar-refractivity contribution in [1.82, 2.24) is 29.4 Å². The fourth-order valence-corrected chi connectivity index (χ4v) is 4.63. The Bertz CT molecular complexity index is 871. The van der Waals surface area contributed by atoms with Crippen LogP contribution in [0.3, 0.4) is 0 Å². The van der Waals surface area contributed by atoms with Gasteiger partial charge in [0.2, 0.25) is 0 Å². The van der Waals surface area contributed by atoms with E-state index in [9.17, 15) is 4.79 Å². The van der Waals surface area contributed by atoms with Crippen LogP contribution >= 0.6 is 11.5 Å². The minimum absolute atomic E-state index is 0.0603. The number of anilines is 2. The normalized spacial score (nSPS) is 18.2. The summed E-state index contributed by atoms with van der Waals surface area (Å²) in [5, 5.41) is 4.14. The van der Waals surface area contributed by atoms with Gasteiger partial charge in [-0.3, -0.25) is 4.79 Å². The third-order valence-corrected chi connectivity index (χ3v) is 6.52. The van der Waals surface area contributed by atoms with Crippen LogP contribution in [0.4, 0.5) is 11.6 Å². The number of nitrogens with zero attached hydrogens (tertiary/aromatic N) is 8. The lowest BCUT2D eigenvalue weighted by Crippen LogP contribution is -2.49. The van der Waals surface area contributed by atoms with Crippen molar-refractivity contribution in [3.8, 4) is 0 Å². The Labute approximate surface area is 181 Å². The molecule has 2 aliphatic rings. The highest BCUT2D eigenvalue weighted by Gasteiger charge is 2.27. The van der Waals surface area contributed by atoms with Gasteiger partial charge in [0, 0.05) is 58.4 Å². The lowest BCUT2D eigenvalue weighted by Gasteiger charge is -2.36. The maximum Gasteiger partial charge on any atom is 0.267 e. The Hall–Kier alpha value is -2.33. The number of rotatable bonds is 5. The molecule has 2 saturated heterocycles. The highest BCUT2D eigenvalue weighted by atomic mass is 32.1. The van der Waals surface area contributed by atoms with Crippen LogP contribution in [0.1, 0.15) is 34.5 Å². The largest absolute Gasteiger partial charge is 0.354 e. The first-order valence-corrected chi connectivity index (χ1v) is 11.5. The maximum atomic E-state index is 12.9. The van der Waals surface area contributed by atoms with E-state index in [1.807, 2.05) is 11.8 Å². The van der Waals surface area contributed by atoms with Crippen LogP contribution in [-0.2, 0) is 6.42 Å². The summed E-state index contributed by atoms with van der Waals surface area (Å²) < 4.78 is 4.00. The molecule has 10 heteroatoms. The molecule has 0 saturated carbocycles. The standard InChI is InChI=1S/C20H30N8OS/c1-4-5-16-19(30-24-23-16)20(29)28-12-10-27(11-13-28)18-14-17(21-15(2)22-18)26-8-6-25(3)7-9-26/h14H,4-13H2,1-3H3. The Morgan fingerprint density at radius 3 is 2.20 bits per heavy atom. The first kappa shape index (κ1) is 20.9. The molecule has 0 aromatic carbocycles. The molecule has 0 radical (unpaired) electrons. The smallest absolute Gasteiger partial charge is 0.267 e. The molecule has 2 aromatic rings. The van der Waals surface area contributed by atoms with Crippen LogP contribution in [0.15, 0.2) is 6.07 Å². The highest BCUT2D eigenvalue weighted by molar-refractivity contribution is 7.08. The van der Waals surface area contributed by atoms with Crippen LogP contribution in [-0.4, -0.2) is 94.7 Å². The Balaban J connectivity index is 1.41. The van der Waals surface area contributed by atoms with E-state index in [4.69, 9.17) is 0 Å². The number of hydrogen-bond donors (Lipinski definition) is 0.